The molecular weight excluding hydrogens is 265 g/mol. The molecule has 94 valence electrons. The number of Topliss-reactive ketones (excluding diaryl/α,β-unsaturated/α-hetero) is 1. The van der Waals surface area contributed by atoms with Gasteiger partial charge in [0.25, 0.3) is 0 Å². The van der Waals surface area contributed by atoms with Crippen LogP contribution in [0.2, 0.25) is 5.02 Å². The van der Waals surface area contributed by atoms with E-state index in [9.17, 15) is 9.18 Å². The Balaban J connectivity index is 2.38. The van der Waals surface area contributed by atoms with Crippen molar-refractivity contribution in [2.24, 2.45) is 0 Å². The number of nitriles is 1. The summed E-state index contributed by atoms with van der Waals surface area (Å²) in [5.74, 6) is -2.21. The number of halogens is 2. The Hall–Kier alpha value is -2.18. The highest BCUT2D eigenvalue weighted by Gasteiger charge is 2.23. The van der Waals surface area contributed by atoms with E-state index in [2.05, 4.69) is 0 Å². The number of hydrogen-bond donors (Lipinski definition) is 0. The first-order valence-electron chi connectivity index (χ1n) is 5.57. The molecule has 1 atom stereocenters. The summed E-state index contributed by atoms with van der Waals surface area (Å²) in [6.45, 7) is 0. The molecule has 2 aromatic carbocycles. The highest BCUT2D eigenvalue weighted by molar-refractivity contribution is 6.30. The SMILES string of the molecule is N#CC(C(=O)c1ccccc1F)c1ccc(Cl)cc1. The van der Waals surface area contributed by atoms with Gasteiger partial charge in [-0.2, -0.15) is 5.26 Å². The van der Waals surface area contributed by atoms with Gasteiger partial charge in [0, 0.05) is 5.02 Å². The third-order valence-corrected chi connectivity index (χ3v) is 2.99. The average Bonchev–Trinajstić information content (AvgIpc) is 2.42. The molecular formula is C15H9ClFNO. The number of rotatable bonds is 3. The van der Waals surface area contributed by atoms with Gasteiger partial charge in [-0.15, -0.1) is 0 Å². The Kier molecular flexibility index (Phi) is 3.94. The summed E-state index contributed by atoms with van der Waals surface area (Å²) >= 11 is 5.75. The summed E-state index contributed by atoms with van der Waals surface area (Å²) < 4.78 is 13.6. The lowest BCUT2D eigenvalue weighted by atomic mass is 9.92. The first-order chi connectivity index (χ1) is 9.13. The molecule has 0 saturated heterocycles. The van der Waals surface area contributed by atoms with Gasteiger partial charge in [-0.3, -0.25) is 4.79 Å². The molecule has 0 radical (unpaired) electrons. The van der Waals surface area contributed by atoms with E-state index in [0.717, 1.165) is 0 Å². The van der Waals surface area contributed by atoms with Crippen LogP contribution in [0.1, 0.15) is 21.8 Å². The van der Waals surface area contributed by atoms with Crippen LogP contribution in [0.3, 0.4) is 0 Å². The molecule has 0 spiro atoms. The van der Waals surface area contributed by atoms with Gasteiger partial charge in [-0.05, 0) is 29.8 Å². The van der Waals surface area contributed by atoms with Crippen molar-refractivity contribution >= 4 is 17.4 Å². The summed E-state index contributed by atoms with van der Waals surface area (Å²) in [4.78, 5) is 12.2. The van der Waals surface area contributed by atoms with E-state index in [0.29, 0.717) is 10.6 Å². The zero-order valence-corrected chi connectivity index (χ0v) is 10.6. The predicted molar refractivity (Wildman–Crippen MR) is 70.5 cm³/mol. The molecule has 0 aliphatic carbocycles. The fourth-order valence-corrected chi connectivity index (χ4v) is 1.88. The van der Waals surface area contributed by atoms with Crippen LogP contribution in [-0.4, -0.2) is 5.78 Å². The molecule has 1 unspecified atom stereocenters. The summed E-state index contributed by atoms with van der Waals surface area (Å²) in [5.41, 5.74) is 0.421. The van der Waals surface area contributed by atoms with Crippen LogP contribution in [0.25, 0.3) is 0 Å². The molecule has 0 N–H and O–H groups in total. The maximum absolute atomic E-state index is 13.6. The van der Waals surface area contributed by atoms with E-state index in [1.807, 2.05) is 6.07 Å². The molecule has 0 heterocycles. The molecule has 4 heteroatoms. The smallest absolute Gasteiger partial charge is 0.187 e. The highest BCUT2D eigenvalue weighted by atomic mass is 35.5. The lowest BCUT2D eigenvalue weighted by Crippen LogP contribution is -2.12. The van der Waals surface area contributed by atoms with E-state index in [1.54, 1.807) is 30.3 Å². The van der Waals surface area contributed by atoms with Gasteiger partial charge in [0.2, 0.25) is 0 Å². The molecule has 0 fully saturated rings. The molecule has 2 nitrogen and oxygen atoms in total. The van der Waals surface area contributed by atoms with Crippen LogP contribution in [-0.2, 0) is 0 Å². The number of ketones is 1. The van der Waals surface area contributed by atoms with Crippen LogP contribution >= 0.6 is 11.6 Å². The maximum Gasteiger partial charge on any atom is 0.187 e. The van der Waals surface area contributed by atoms with Gasteiger partial charge in [0.1, 0.15) is 11.7 Å². The average molecular weight is 274 g/mol. The van der Waals surface area contributed by atoms with Crippen molar-refractivity contribution in [2.45, 2.75) is 5.92 Å². The third kappa shape index (κ3) is 2.81. The zero-order chi connectivity index (χ0) is 13.8. The number of carbonyl (C=O) groups is 1. The summed E-state index contributed by atoms with van der Waals surface area (Å²) in [7, 11) is 0. The van der Waals surface area contributed by atoms with E-state index in [-0.39, 0.29) is 5.56 Å². The molecule has 0 aromatic heterocycles. The van der Waals surface area contributed by atoms with Crippen LogP contribution in [0.15, 0.2) is 48.5 Å². The quantitative estimate of drug-likeness (QED) is 0.794. The number of benzene rings is 2. The minimum Gasteiger partial charge on any atom is -0.292 e. The van der Waals surface area contributed by atoms with Gasteiger partial charge in [0.05, 0.1) is 11.6 Å². The molecule has 2 aromatic rings. The van der Waals surface area contributed by atoms with Crippen LogP contribution in [0.4, 0.5) is 4.39 Å². The molecule has 19 heavy (non-hydrogen) atoms. The van der Waals surface area contributed by atoms with E-state index >= 15 is 0 Å². The van der Waals surface area contributed by atoms with Crippen molar-refractivity contribution in [1.82, 2.24) is 0 Å². The first kappa shape index (κ1) is 13.3. The second kappa shape index (κ2) is 5.64. The van der Waals surface area contributed by atoms with E-state index in [1.165, 1.54) is 18.2 Å². The van der Waals surface area contributed by atoms with Crippen molar-refractivity contribution in [2.75, 3.05) is 0 Å². The van der Waals surface area contributed by atoms with Gasteiger partial charge >= 0.3 is 0 Å². The van der Waals surface area contributed by atoms with Crippen molar-refractivity contribution in [1.29, 1.82) is 5.26 Å². The zero-order valence-electron chi connectivity index (χ0n) is 9.81. The van der Waals surface area contributed by atoms with Crippen molar-refractivity contribution in [3.8, 4) is 6.07 Å². The predicted octanol–water partition coefficient (Wildman–Crippen LogP) is 3.97. The second-order valence-corrected chi connectivity index (χ2v) is 4.39. The molecule has 0 aliphatic heterocycles. The first-order valence-corrected chi connectivity index (χ1v) is 5.95. The molecule has 0 bridgehead atoms. The highest BCUT2D eigenvalue weighted by Crippen LogP contribution is 2.23. The van der Waals surface area contributed by atoms with Crippen LogP contribution < -0.4 is 0 Å². The van der Waals surface area contributed by atoms with Gasteiger partial charge in [-0.25, -0.2) is 4.39 Å². The molecule has 0 aliphatic rings. The Morgan fingerprint density at radius 2 is 1.79 bits per heavy atom. The lowest BCUT2D eigenvalue weighted by Gasteiger charge is -2.09. The summed E-state index contributed by atoms with van der Waals surface area (Å²) in [6, 6.07) is 13.9. The van der Waals surface area contributed by atoms with Crippen molar-refractivity contribution < 1.29 is 9.18 Å². The maximum atomic E-state index is 13.6. The normalized spacial score (nSPS) is 11.6. The summed E-state index contributed by atoms with van der Waals surface area (Å²) in [5, 5.41) is 9.66. The van der Waals surface area contributed by atoms with E-state index < -0.39 is 17.5 Å². The molecule has 2 rings (SSSR count). The van der Waals surface area contributed by atoms with Crippen LogP contribution in [0, 0.1) is 17.1 Å². The standard InChI is InChI=1S/C15H9ClFNO/c16-11-7-5-10(6-8-11)13(9-18)15(19)12-3-1-2-4-14(12)17/h1-8,13H. The lowest BCUT2D eigenvalue weighted by molar-refractivity contribution is 0.0975. The fourth-order valence-electron chi connectivity index (χ4n) is 1.76. The van der Waals surface area contributed by atoms with Gasteiger partial charge < -0.3 is 0 Å². The van der Waals surface area contributed by atoms with Gasteiger partial charge in [-0.1, -0.05) is 35.9 Å². The molecule has 0 amide bonds. The second-order valence-electron chi connectivity index (χ2n) is 3.96. The Labute approximate surface area is 115 Å². The van der Waals surface area contributed by atoms with Gasteiger partial charge in [0.15, 0.2) is 5.78 Å². The monoisotopic (exact) mass is 273 g/mol. The Bertz CT molecular complexity index is 646. The number of nitrogens with zero attached hydrogens (tertiary/aromatic N) is 1. The topological polar surface area (TPSA) is 40.9 Å². The van der Waals surface area contributed by atoms with E-state index in [4.69, 9.17) is 16.9 Å². The number of hydrogen-bond acceptors (Lipinski definition) is 2. The largest absolute Gasteiger partial charge is 0.292 e. The van der Waals surface area contributed by atoms with Crippen molar-refractivity contribution in [3.63, 3.8) is 0 Å². The summed E-state index contributed by atoms with van der Waals surface area (Å²) in [6.07, 6.45) is 0. The minimum absolute atomic E-state index is 0.0796. The fraction of sp³-hybridized carbons (Fsp3) is 0.0667. The minimum atomic E-state index is -1.03. The Morgan fingerprint density at radius 1 is 1.16 bits per heavy atom. The number of carbonyl (C=O) groups excluding carboxylic acids is 1. The Morgan fingerprint density at radius 3 is 2.37 bits per heavy atom. The van der Waals surface area contributed by atoms with Crippen molar-refractivity contribution in [3.05, 3.63) is 70.5 Å². The van der Waals surface area contributed by atoms with Crippen LogP contribution in [0.5, 0.6) is 0 Å². The molecule has 0 saturated carbocycles. The third-order valence-electron chi connectivity index (χ3n) is 2.73.